The van der Waals surface area contributed by atoms with E-state index in [1.807, 2.05) is 35.2 Å². The Morgan fingerprint density at radius 2 is 1.76 bits per heavy atom. The summed E-state index contributed by atoms with van der Waals surface area (Å²) in [4.78, 5) is 14.5. The van der Waals surface area contributed by atoms with Gasteiger partial charge in [-0.3, -0.25) is 4.79 Å². The van der Waals surface area contributed by atoms with Gasteiger partial charge in [0.2, 0.25) is 12.7 Å². The van der Waals surface area contributed by atoms with Crippen LogP contribution >= 0.6 is 0 Å². The van der Waals surface area contributed by atoms with E-state index < -0.39 is 0 Å². The molecule has 1 saturated heterocycles. The lowest BCUT2D eigenvalue weighted by atomic mass is 9.89. The van der Waals surface area contributed by atoms with Crippen LogP contribution in [-0.2, 0) is 11.2 Å². The second kappa shape index (κ2) is 6.67. The molecule has 0 saturated carbocycles. The number of likely N-dealkylation sites (tertiary alicyclic amines) is 1. The molecule has 0 radical (unpaired) electrons. The molecule has 130 valence electrons. The standard InChI is InChI=1S/C20H21NO4/c22-17-4-2-15(3-5-17)16-7-9-21(10-8-16)20(23)12-14-1-6-18-19(11-14)25-13-24-18/h1-6,11,16,22H,7-10,12-13H2. The van der Waals surface area contributed by atoms with Crippen molar-refractivity contribution in [3.8, 4) is 17.2 Å². The van der Waals surface area contributed by atoms with Gasteiger partial charge < -0.3 is 19.5 Å². The van der Waals surface area contributed by atoms with Crippen LogP contribution in [0, 0.1) is 0 Å². The molecule has 0 bridgehead atoms. The first kappa shape index (κ1) is 15.8. The van der Waals surface area contributed by atoms with E-state index in [0.29, 0.717) is 18.1 Å². The number of rotatable bonds is 3. The molecular formula is C20H21NO4. The number of fused-ring (bicyclic) bond motifs is 1. The Labute approximate surface area is 146 Å². The molecule has 4 rings (SSSR count). The number of phenols is 1. The van der Waals surface area contributed by atoms with Crippen molar-refractivity contribution in [3.63, 3.8) is 0 Å². The Bertz CT molecular complexity index is 764. The zero-order chi connectivity index (χ0) is 17.2. The Kier molecular flexibility index (Phi) is 4.22. The molecule has 0 aromatic heterocycles. The first-order valence-corrected chi connectivity index (χ1v) is 8.64. The van der Waals surface area contributed by atoms with E-state index in [1.54, 1.807) is 12.1 Å². The van der Waals surface area contributed by atoms with Gasteiger partial charge in [0, 0.05) is 13.1 Å². The lowest BCUT2D eigenvalue weighted by Gasteiger charge is -2.32. The maximum atomic E-state index is 12.6. The van der Waals surface area contributed by atoms with Crippen molar-refractivity contribution in [3.05, 3.63) is 53.6 Å². The molecule has 2 aliphatic heterocycles. The molecule has 2 aromatic carbocycles. The van der Waals surface area contributed by atoms with Crippen LogP contribution in [0.15, 0.2) is 42.5 Å². The van der Waals surface area contributed by atoms with Crippen molar-refractivity contribution >= 4 is 5.91 Å². The second-order valence-corrected chi connectivity index (χ2v) is 6.61. The molecule has 25 heavy (non-hydrogen) atoms. The zero-order valence-corrected chi connectivity index (χ0v) is 14.0. The molecule has 2 aromatic rings. The summed E-state index contributed by atoms with van der Waals surface area (Å²) < 4.78 is 10.7. The van der Waals surface area contributed by atoms with E-state index in [0.717, 1.165) is 43.0 Å². The predicted octanol–water partition coefficient (Wildman–Crippen LogP) is 3.07. The molecule has 1 amide bonds. The molecule has 0 unspecified atom stereocenters. The van der Waals surface area contributed by atoms with E-state index in [1.165, 1.54) is 5.56 Å². The molecule has 5 heteroatoms. The lowest BCUT2D eigenvalue weighted by Crippen LogP contribution is -2.38. The largest absolute Gasteiger partial charge is 0.508 e. The SMILES string of the molecule is O=C(Cc1ccc2c(c1)OCO2)N1CCC(c2ccc(O)cc2)CC1. The van der Waals surface area contributed by atoms with Gasteiger partial charge in [-0.1, -0.05) is 18.2 Å². The average molecular weight is 339 g/mol. The minimum Gasteiger partial charge on any atom is -0.508 e. The number of amides is 1. The molecule has 1 fully saturated rings. The summed E-state index contributed by atoms with van der Waals surface area (Å²) in [6, 6.07) is 13.1. The number of piperidine rings is 1. The highest BCUT2D eigenvalue weighted by molar-refractivity contribution is 5.79. The molecular weight excluding hydrogens is 318 g/mol. The summed E-state index contributed by atoms with van der Waals surface area (Å²) in [5.41, 5.74) is 2.19. The Balaban J connectivity index is 1.34. The quantitative estimate of drug-likeness (QED) is 0.934. The minimum atomic E-state index is 0.156. The number of benzene rings is 2. The molecule has 5 nitrogen and oxygen atoms in total. The van der Waals surface area contributed by atoms with Gasteiger partial charge in [-0.25, -0.2) is 0 Å². The summed E-state index contributed by atoms with van der Waals surface area (Å²) in [6.45, 7) is 1.79. The highest BCUT2D eigenvalue weighted by Gasteiger charge is 2.24. The lowest BCUT2D eigenvalue weighted by molar-refractivity contribution is -0.131. The zero-order valence-electron chi connectivity index (χ0n) is 14.0. The highest BCUT2D eigenvalue weighted by atomic mass is 16.7. The van der Waals surface area contributed by atoms with E-state index in [4.69, 9.17) is 9.47 Å². The number of ether oxygens (including phenoxy) is 2. The van der Waals surface area contributed by atoms with Crippen molar-refractivity contribution in [2.24, 2.45) is 0 Å². The van der Waals surface area contributed by atoms with Crippen molar-refractivity contribution in [2.45, 2.75) is 25.2 Å². The summed E-state index contributed by atoms with van der Waals surface area (Å²) in [7, 11) is 0. The van der Waals surface area contributed by atoms with Gasteiger partial charge in [0.25, 0.3) is 0 Å². The summed E-state index contributed by atoms with van der Waals surface area (Å²) in [6.07, 6.45) is 2.30. The van der Waals surface area contributed by atoms with Crippen molar-refractivity contribution in [2.75, 3.05) is 19.9 Å². The topological polar surface area (TPSA) is 59.0 Å². The fraction of sp³-hybridized carbons (Fsp3) is 0.350. The van der Waals surface area contributed by atoms with Crippen LogP contribution in [0.5, 0.6) is 17.2 Å². The molecule has 2 aliphatic rings. The molecule has 2 heterocycles. The molecule has 0 atom stereocenters. The van der Waals surface area contributed by atoms with E-state index >= 15 is 0 Å². The van der Waals surface area contributed by atoms with Crippen LogP contribution < -0.4 is 9.47 Å². The summed E-state index contributed by atoms with van der Waals surface area (Å²) in [5, 5.41) is 9.40. The van der Waals surface area contributed by atoms with Crippen molar-refractivity contribution < 1.29 is 19.4 Å². The smallest absolute Gasteiger partial charge is 0.231 e. The molecule has 0 spiro atoms. The van der Waals surface area contributed by atoms with Crippen LogP contribution in [0.3, 0.4) is 0 Å². The van der Waals surface area contributed by atoms with Crippen molar-refractivity contribution in [1.29, 1.82) is 0 Å². The van der Waals surface area contributed by atoms with Crippen LogP contribution in [-0.4, -0.2) is 35.8 Å². The fourth-order valence-corrected chi connectivity index (χ4v) is 3.55. The van der Waals surface area contributed by atoms with E-state index in [2.05, 4.69) is 0 Å². The Morgan fingerprint density at radius 3 is 2.52 bits per heavy atom. The number of nitrogens with zero attached hydrogens (tertiary/aromatic N) is 1. The van der Waals surface area contributed by atoms with Gasteiger partial charge >= 0.3 is 0 Å². The fourth-order valence-electron chi connectivity index (χ4n) is 3.55. The Morgan fingerprint density at radius 1 is 1.04 bits per heavy atom. The second-order valence-electron chi connectivity index (χ2n) is 6.61. The van der Waals surface area contributed by atoms with Gasteiger partial charge in [-0.05, 0) is 54.2 Å². The van der Waals surface area contributed by atoms with Crippen LogP contribution in [0.25, 0.3) is 0 Å². The highest BCUT2D eigenvalue weighted by Crippen LogP contribution is 2.33. The van der Waals surface area contributed by atoms with Gasteiger partial charge in [0.15, 0.2) is 11.5 Å². The van der Waals surface area contributed by atoms with Crippen LogP contribution in [0.4, 0.5) is 0 Å². The minimum absolute atomic E-state index is 0.156. The average Bonchev–Trinajstić information content (AvgIpc) is 3.10. The monoisotopic (exact) mass is 339 g/mol. The number of carbonyl (C=O) groups excluding carboxylic acids is 1. The first-order chi connectivity index (χ1) is 12.2. The normalized spacial score (nSPS) is 16.9. The number of carbonyl (C=O) groups is 1. The van der Waals surface area contributed by atoms with Crippen LogP contribution in [0.1, 0.15) is 29.9 Å². The van der Waals surface area contributed by atoms with Crippen LogP contribution in [0.2, 0.25) is 0 Å². The molecule has 0 aliphatic carbocycles. The third-order valence-corrected chi connectivity index (χ3v) is 5.00. The first-order valence-electron chi connectivity index (χ1n) is 8.64. The predicted molar refractivity (Wildman–Crippen MR) is 92.9 cm³/mol. The van der Waals surface area contributed by atoms with E-state index in [9.17, 15) is 9.90 Å². The number of phenolic OH excluding ortho intramolecular Hbond substituents is 1. The number of aromatic hydroxyl groups is 1. The Hall–Kier alpha value is -2.69. The van der Waals surface area contributed by atoms with Gasteiger partial charge in [-0.15, -0.1) is 0 Å². The summed E-state index contributed by atoms with van der Waals surface area (Å²) >= 11 is 0. The van der Waals surface area contributed by atoms with Gasteiger partial charge in [-0.2, -0.15) is 0 Å². The maximum absolute atomic E-state index is 12.6. The summed E-state index contributed by atoms with van der Waals surface area (Å²) in [5.74, 6) is 2.36. The van der Waals surface area contributed by atoms with Crippen molar-refractivity contribution in [1.82, 2.24) is 4.90 Å². The van der Waals surface area contributed by atoms with Gasteiger partial charge in [0.05, 0.1) is 6.42 Å². The number of hydrogen-bond acceptors (Lipinski definition) is 4. The maximum Gasteiger partial charge on any atom is 0.231 e. The van der Waals surface area contributed by atoms with E-state index in [-0.39, 0.29) is 12.7 Å². The third kappa shape index (κ3) is 3.40. The van der Waals surface area contributed by atoms with Gasteiger partial charge in [0.1, 0.15) is 5.75 Å². The number of hydrogen-bond donors (Lipinski definition) is 1. The third-order valence-electron chi connectivity index (χ3n) is 5.00. The molecule has 1 N–H and O–H groups in total.